The second-order valence-electron chi connectivity index (χ2n) is 5.08. The number of aryl methyl sites for hydroxylation is 3. The van der Waals surface area contributed by atoms with Gasteiger partial charge >= 0.3 is 0 Å². The van der Waals surface area contributed by atoms with Crippen LogP contribution >= 0.6 is 0 Å². The summed E-state index contributed by atoms with van der Waals surface area (Å²) >= 11 is 0. The molecule has 3 rings (SSSR count). The van der Waals surface area contributed by atoms with Crippen LogP contribution in [0.2, 0.25) is 0 Å². The van der Waals surface area contributed by atoms with Crippen molar-refractivity contribution in [3.8, 4) is 11.1 Å². The maximum atomic E-state index is 2.27. The van der Waals surface area contributed by atoms with Gasteiger partial charge in [-0.05, 0) is 42.5 Å². The fourth-order valence-corrected chi connectivity index (χ4v) is 2.58. The summed E-state index contributed by atoms with van der Waals surface area (Å²) in [5.74, 6) is 0. The minimum atomic E-state index is 1.28. The zero-order valence-electron chi connectivity index (χ0n) is 11.1. The molecule has 0 N–H and O–H groups in total. The number of fused-ring (bicyclic) bond motifs is 1. The van der Waals surface area contributed by atoms with Crippen molar-refractivity contribution in [1.82, 2.24) is 4.57 Å². The van der Waals surface area contributed by atoms with Gasteiger partial charge in [0.25, 0.3) is 0 Å². The smallest absolute Gasteiger partial charge is 0.0483 e. The molecule has 1 nitrogen and oxygen atoms in total. The van der Waals surface area contributed by atoms with Crippen molar-refractivity contribution in [1.29, 1.82) is 0 Å². The number of aromatic nitrogens is 1. The van der Waals surface area contributed by atoms with Crippen molar-refractivity contribution in [2.45, 2.75) is 13.8 Å². The maximum Gasteiger partial charge on any atom is 0.0483 e. The van der Waals surface area contributed by atoms with Gasteiger partial charge in [-0.15, -0.1) is 0 Å². The highest BCUT2D eigenvalue weighted by Gasteiger charge is 2.03. The van der Waals surface area contributed by atoms with E-state index in [0.717, 1.165) is 0 Å². The van der Waals surface area contributed by atoms with E-state index < -0.39 is 0 Å². The molecule has 0 aliphatic rings. The van der Waals surface area contributed by atoms with Crippen LogP contribution in [0.4, 0.5) is 0 Å². The van der Waals surface area contributed by atoms with Crippen LogP contribution < -0.4 is 0 Å². The van der Waals surface area contributed by atoms with Gasteiger partial charge in [-0.25, -0.2) is 0 Å². The number of hydrogen-bond acceptors (Lipinski definition) is 0. The Hall–Kier alpha value is -2.02. The molecule has 0 fully saturated rings. The molecule has 0 spiro atoms. The molecule has 1 heterocycles. The quantitative estimate of drug-likeness (QED) is 0.586. The third-order valence-corrected chi connectivity index (χ3v) is 3.44. The van der Waals surface area contributed by atoms with Gasteiger partial charge < -0.3 is 4.57 Å². The van der Waals surface area contributed by atoms with Crippen LogP contribution in [0.5, 0.6) is 0 Å². The standard InChI is InChI=1S/C17H17N/c1-12-8-13(2)10-16(9-12)15-5-4-14-6-7-18(3)17(14)11-15/h4-11H,1-3H3. The second-order valence-corrected chi connectivity index (χ2v) is 5.08. The van der Waals surface area contributed by atoms with Gasteiger partial charge in [0.05, 0.1) is 0 Å². The van der Waals surface area contributed by atoms with Crippen LogP contribution in [0.3, 0.4) is 0 Å². The van der Waals surface area contributed by atoms with Crippen molar-refractivity contribution in [2.24, 2.45) is 7.05 Å². The lowest BCUT2D eigenvalue weighted by atomic mass is 10.00. The van der Waals surface area contributed by atoms with E-state index in [9.17, 15) is 0 Å². The fourth-order valence-electron chi connectivity index (χ4n) is 2.58. The first kappa shape index (κ1) is 11.1. The summed E-state index contributed by atoms with van der Waals surface area (Å²) in [5.41, 5.74) is 6.51. The summed E-state index contributed by atoms with van der Waals surface area (Å²) in [5, 5.41) is 1.30. The minimum Gasteiger partial charge on any atom is -0.351 e. The van der Waals surface area contributed by atoms with Crippen molar-refractivity contribution in [3.05, 3.63) is 59.8 Å². The van der Waals surface area contributed by atoms with Crippen LogP contribution in [0.25, 0.3) is 22.0 Å². The molecular weight excluding hydrogens is 218 g/mol. The molecule has 0 unspecified atom stereocenters. The first-order chi connectivity index (χ1) is 8.63. The highest BCUT2D eigenvalue weighted by Crippen LogP contribution is 2.26. The summed E-state index contributed by atoms with van der Waals surface area (Å²) in [6.07, 6.45) is 2.11. The lowest BCUT2D eigenvalue weighted by molar-refractivity contribution is 0.969. The molecule has 1 aromatic heterocycles. The Morgan fingerprint density at radius 3 is 2.22 bits per heavy atom. The van der Waals surface area contributed by atoms with Crippen LogP contribution in [0.1, 0.15) is 11.1 Å². The largest absolute Gasteiger partial charge is 0.351 e. The van der Waals surface area contributed by atoms with Gasteiger partial charge in [-0.3, -0.25) is 0 Å². The van der Waals surface area contributed by atoms with Gasteiger partial charge in [-0.2, -0.15) is 0 Å². The summed E-state index contributed by atoms with van der Waals surface area (Å²) in [7, 11) is 2.09. The number of hydrogen-bond donors (Lipinski definition) is 0. The molecular formula is C17H17N. The monoisotopic (exact) mass is 235 g/mol. The molecule has 90 valence electrons. The van der Waals surface area contributed by atoms with Gasteiger partial charge in [0.15, 0.2) is 0 Å². The highest BCUT2D eigenvalue weighted by molar-refractivity contribution is 5.85. The average Bonchev–Trinajstić information content (AvgIpc) is 2.69. The summed E-state index contributed by atoms with van der Waals surface area (Å²) in [6, 6.07) is 15.5. The Morgan fingerprint density at radius 2 is 1.50 bits per heavy atom. The lowest BCUT2D eigenvalue weighted by Crippen LogP contribution is -1.86. The lowest BCUT2D eigenvalue weighted by Gasteiger charge is -2.06. The summed E-state index contributed by atoms with van der Waals surface area (Å²) in [4.78, 5) is 0. The Labute approximate surface area is 108 Å². The molecule has 18 heavy (non-hydrogen) atoms. The maximum absolute atomic E-state index is 2.27. The molecule has 0 saturated heterocycles. The molecule has 0 radical (unpaired) electrons. The highest BCUT2D eigenvalue weighted by atomic mass is 14.9. The van der Waals surface area contributed by atoms with Crippen LogP contribution in [-0.2, 0) is 7.05 Å². The predicted molar refractivity (Wildman–Crippen MR) is 77.8 cm³/mol. The number of rotatable bonds is 1. The van der Waals surface area contributed by atoms with Crippen molar-refractivity contribution in [3.63, 3.8) is 0 Å². The van der Waals surface area contributed by atoms with E-state index in [4.69, 9.17) is 0 Å². The van der Waals surface area contributed by atoms with E-state index in [1.54, 1.807) is 0 Å². The Balaban J connectivity index is 2.21. The zero-order valence-corrected chi connectivity index (χ0v) is 11.1. The molecule has 2 aromatic carbocycles. The number of nitrogens with zero attached hydrogens (tertiary/aromatic N) is 1. The van der Waals surface area contributed by atoms with Crippen LogP contribution in [0.15, 0.2) is 48.7 Å². The molecule has 1 heteroatoms. The Morgan fingerprint density at radius 1 is 0.778 bits per heavy atom. The van der Waals surface area contributed by atoms with Gasteiger partial charge in [0, 0.05) is 18.8 Å². The molecule has 0 atom stereocenters. The SMILES string of the molecule is Cc1cc(C)cc(-c2ccc3ccn(C)c3c2)c1. The zero-order chi connectivity index (χ0) is 12.7. The van der Waals surface area contributed by atoms with E-state index in [0.29, 0.717) is 0 Å². The molecule has 0 saturated carbocycles. The molecule has 0 amide bonds. The van der Waals surface area contributed by atoms with Gasteiger partial charge in [-0.1, -0.05) is 41.5 Å². The Kier molecular flexibility index (Phi) is 2.48. The van der Waals surface area contributed by atoms with Crippen LogP contribution in [0, 0.1) is 13.8 Å². The van der Waals surface area contributed by atoms with E-state index in [1.807, 2.05) is 0 Å². The van der Waals surface area contributed by atoms with Gasteiger partial charge in [0.2, 0.25) is 0 Å². The van der Waals surface area contributed by atoms with Crippen molar-refractivity contribution < 1.29 is 0 Å². The van der Waals surface area contributed by atoms with Crippen molar-refractivity contribution >= 4 is 10.9 Å². The Bertz CT molecular complexity index is 699. The molecule has 0 aliphatic heterocycles. The first-order valence-electron chi connectivity index (χ1n) is 6.27. The second kappa shape index (κ2) is 4.02. The van der Waals surface area contributed by atoms with E-state index in [1.165, 1.54) is 33.2 Å². The molecule has 0 bridgehead atoms. The third kappa shape index (κ3) is 1.82. The average molecular weight is 235 g/mol. The topological polar surface area (TPSA) is 4.93 Å². The molecule has 3 aromatic rings. The molecule has 0 aliphatic carbocycles. The summed E-state index contributed by atoms with van der Waals surface area (Å²) in [6.45, 7) is 4.30. The van der Waals surface area contributed by atoms with E-state index in [2.05, 4.69) is 74.1 Å². The fraction of sp³-hybridized carbons (Fsp3) is 0.176. The first-order valence-corrected chi connectivity index (χ1v) is 6.27. The van der Waals surface area contributed by atoms with E-state index >= 15 is 0 Å². The predicted octanol–water partition coefficient (Wildman–Crippen LogP) is 4.46. The normalized spacial score (nSPS) is 11.1. The number of benzene rings is 2. The van der Waals surface area contributed by atoms with E-state index in [-0.39, 0.29) is 0 Å². The van der Waals surface area contributed by atoms with Crippen molar-refractivity contribution in [2.75, 3.05) is 0 Å². The minimum absolute atomic E-state index is 1.28. The van der Waals surface area contributed by atoms with Crippen LogP contribution in [-0.4, -0.2) is 4.57 Å². The van der Waals surface area contributed by atoms with Gasteiger partial charge in [0.1, 0.15) is 0 Å². The third-order valence-electron chi connectivity index (χ3n) is 3.44. The summed E-state index contributed by atoms with van der Waals surface area (Å²) < 4.78 is 2.17.